The predicted molar refractivity (Wildman–Crippen MR) is 95.3 cm³/mol. The van der Waals surface area contributed by atoms with Crippen molar-refractivity contribution in [3.8, 4) is 6.07 Å². The molecule has 5 nitrogen and oxygen atoms in total. The largest absolute Gasteiger partial charge is 0.357 e. The van der Waals surface area contributed by atoms with Crippen LogP contribution in [0, 0.1) is 11.3 Å². The van der Waals surface area contributed by atoms with E-state index in [1.807, 2.05) is 18.2 Å². The van der Waals surface area contributed by atoms with Gasteiger partial charge in [0.2, 0.25) is 0 Å². The van der Waals surface area contributed by atoms with Crippen LogP contribution in [-0.4, -0.2) is 53.8 Å². The maximum Gasteiger partial charge on any atom is 0.109 e. The smallest absolute Gasteiger partial charge is 0.109 e. The van der Waals surface area contributed by atoms with Gasteiger partial charge in [0.15, 0.2) is 0 Å². The third kappa shape index (κ3) is 3.98. The number of benzene rings is 1. The average molecular weight is 319 g/mol. The molecule has 1 fully saturated rings. The van der Waals surface area contributed by atoms with Gasteiger partial charge in [-0.1, -0.05) is 30.3 Å². The zero-order valence-corrected chi connectivity index (χ0v) is 13.9. The van der Waals surface area contributed by atoms with E-state index in [2.05, 4.69) is 40.0 Å². The van der Waals surface area contributed by atoms with Crippen molar-refractivity contribution in [3.05, 3.63) is 59.9 Å². The Kier molecular flexibility index (Phi) is 5.19. The molecule has 0 saturated carbocycles. The molecule has 1 aliphatic rings. The van der Waals surface area contributed by atoms with Crippen LogP contribution < -0.4 is 0 Å². The fraction of sp³-hybridized carbons (Fsp3) is 0.316. The van der Waals surface area contributed by atoms with Gasteiger partial charge in [-0.25, -0.2) is 4.99 Å². The fourth-order valence-corrected chi connectivity index (χ4v) is 2.77. The Bertz CT molecular complexity index is 740. The topological polar surface area (TPSA) is 55.5 Å². The molecule has 0 bridgehead atoms. The number of amidine groups is 1. The molecule has 2 aromatic rings. The number of aromatic nitrogens is 1. The second-order valence-electron chi connectivity index (χ2n) is 5.99. The maximum absolute atomic E-state index is 9.30. The summed E-state index contributed by atoms with van der Waals surface area (Å²) in [5.41, 5.74) is 2.42. The van der Waals surface area contributed by atoms with Crippen LogP contribution in [-0.2, 0) is 6.42 Å². The molecule has 24 heavy (non-hydrogen) atoms. The highest BCUT2D eigenvalue weighted by atomic mass is 15.3. The van der Waals surface area contributed by atoms with Crippen molar-refractivity contribution in [2.75, 3.05) is 33.2 Å². The van der Waals surface area contributed by atoms with Gasteiger partial charge in [-0.05, 0) is 18.7 Å². The summed E-state index contributed by atoms with van der Waals surface area (Å²) >= 11 is 0. The van der Waals surface area contributed by atoms with Gasteiger partial charge < -0.3 is 9.80 Å². The van der Waals surface area contributed by atoms with Crippen LogP contribution in [0.15, 0.2) is 53.8 Å². The van der Waals surface area contributed by atoms with Crippen LogP contribution in [0.5, 0.6) is 0 Å². The minimum absolute atomic E-state index is 0.560. The number of hydrogen-bond acceptors (Lipinski definition) is 4. The molecule has 0 spiro atoms. The molecule has 1 aromatic heterocycles. The normalized spacial score (nSPS) is 16.0. The Labute approximate surface area is 142 Å². The van der Waals surface area contributed by atoms with E-state index in [-0.39, 0.29) is 0 Å². The number of nitriles is 1. The monoisotopic (exact) mass is 319 g/mol. The number of likely N-dealkylation sites (N-methyl/N-ethyl adjacent to an activating group) is 1. The quantitative estimate of drug-likeness (QED) is 0.644. The van der Waals surface area contributed by atoms with Gasteiger partial charge in [-0.3, -0.25) is 4.98 Å². The van der Waals surface area contributed by atoms with E-state index in [0.717, 1.165) is 38.4 Å². The summed E-state index contributed by atoms with van der Waals surface area (Å²) in [5.74, 6) is 0.999. The lowest BCUT2D eigenvalue weighted by molar-refractivity contribution is 0.214. The van der Waals surface area contributed by atoms with Crippen LogP contribution in [0.25, 0.3) is 0 Å². The van der Waals surface area contributed by atoms with Crippen LogP contribution in [0.1, 0.15) is 11.1 Å². The average Bonchev–Trinajstić information content (AvgIpc) is 2.63. The SMILES string of the molecule is CN1CCN(C(Cc2ccccc2)=Nc2cnccc2C#N)CC1. The summed E-state index contributed by atoms with van der Waals surface area (Å²) in [6, 6.07) is 14.2. The summed E-state index contributed by atoms with van der Waals surface area (Å²) in [5, 5.41) is 9.30. The number of pyridine rings is 1. The maximum atomic E-state index is 9.30. The Balaban J connectivity index is 1.92. The van der Waals surface area contributed by atoms with Gasteiger partial charge >= 0.3 is 0 Å². The van der Waals surface area contributed by atoms with Gasteiger partial charge in [-0.2, -0.15) is 5.26 Å². The Hall–Kier alpha value is -2.71. The summed E-state index contributed by atoms with van der Waals surface area (Å²) in [7, 11) is 2.14. The summed E-state index contributed by atoms with van der Waals surface area (Å²) in [4.78, 5) is 13.6. The van der Waals surface area contributed by atoms with E-state index in [0.29, 0.717) is 11.3 Å². The Morgan fingerprint density at radius 2 is 1.92 bits per heavy atom. The Morgan fingerprint density at radius 1 is 1.17 bits per heavy atom. The molecule has 0 amide bonds. The summed E-state index contributed by atoms with van der Waals surface area (Å²) in [6.45, 7) is 3.94. The second kappa shape index (κ2) is 7.71. The van der Waals surface area contributed by atoms with E-state index in [1.165, 1.54) is 5.56 Å². The Morgan fingerprint density at radius 3 is 2.62 bits per heavy atom. The molecule has 3 rings (SSSR count). The lowest BCUT2D eigenvalue weighted by Crippen LogP contribution is -2.47. The van der Waals surface area contributed by atoms with Gasteiger partial charge in [0.25, 0.3) is 0 Å². The highest BCUT2D eigenvalue weighted by molar-refractivity contribution is 5.87. The molecule has 1 aromatic carbocycles. The molecule has 0 unspecified atom stereocenters. The first-order chi connectivity index (χ1) is 11.8. The molecule has 0 N–H and O–H groups in total. The van der Waals surface area contributed by atoms with Gasteiger partial charge in [-0.15, -0.1) is 0 Å². The third-order valence-electron chi connectivity index (χ3n) is 4.24. The van der Waals surface area contributed by atoms with Crippen molar-refractivity contribution < 1.29 is 0 Å². The van der Waals surface area contributed by atoms with Crippen LogP contribution in [0.2, 0.25) is 0 Å². The highest BCUT2D eigenvalue weighted by Crippen LogP contribution is 2.19. The second-order valence-corrected chi connectivity index (χ2v) is 5.99. The van der Waals surface area contributed by atoms with Crippen molar-refractivity contribution in [2.45, 2.75) is 6.42 Å². The molecule has 5 heteroatoms. The predicted octanol–water partition coefficient (Wildman–Crippen LogP) is 2.47. The lowest BCUT2D eigenvalue weighted by atomic mass is 10.1. The number of piperazine rings is 1. The molecule has 0 radical (unpaired) electrons. The molecule has 1 aliphatic heterocycles. The van der Waals surface area contributed by atoms with E-state index >= 15 is 0 Å². The van der Waals surface area contributed by atoms with E-state index in [1.54, 1.807) is 18.5 Å². The number of hydrogen-bond donors (Lipinski definition) is 0. The summed E-state index contributed by atoms with van der Waals surface area (Å²) in [6.07, 6.45) is 4.05. The van der Waals surface area contributed by atoms with Crippen molar-refractivity contribution in [2.24, 2.45) is 4.99 Å². The van der Waals surface area contributed by atoms with E-state index in [9.17, 15) is 5.26 Å². The van der Waals surface area contributed by atoms with Crippen LogP contribution in [0.3, 0.4) is 0 Å². The molecule has 0 aliphatic carbocycles. The van der Waals surface area contributed by atoms with E-state index in [4.69, 9.17) is 4.99 Å². The van der Waals surface area contributed by atoms with Gasteiger partial charge in [0.05, 0.1) is 11.8 Å². The third-order valence-corrected chi connectivity index (χ3v) is 4.24. The molecular formula is C19H21N5. The molecule has 0 atom stereocenters. The standard InChI is InChI=1S/C19H21N5/c1-23-9-11-24(12-10-23)19(13-16-5-3-2-4-6-16)22-18-15-21-8-7-17(18)14-20/h2-8,15H,9-13H2,1H3. The molecule has 1 saturated heterocycles. The van der Waals surface area contributed by atoms with Crippen molar-refractivity contribution in [3.63, 3.8) is 0 Å². The van der Waals surface area contributed by atoms with Gasteiger partial charge in [0.1, 0.15) is 17.6 Å². The molecule has 2 heterocycles. The van der Waals surface area contributed by atoms with Gasteiger partial charge in [0, 0.05) is 38.8 Å². The minimum Gasteiger partial charge on any atom is -0.357 e. The zero-order valence-electron chi connectivity index (χ0n) is 13.9. The first-order valence-corrected chi connectivity index (χ1v) is 8.15. The highest BCUT2D eigenvalue weighted by Gasteiger charge is 2.18. The summed E-state index contributed by atoms with van der Waals surface area (Å²) < 4.78 is 0. The number of nitrogens with zero attached hydrogens (tertiary/aromatic N) is 5. The van der Waals surface area contributed by atoms with Crippen molar-refractivity contribution >= 4 is 11.5 Å². The zero-order chi connectivity index (χ0) is 16.8. The van der Waals surface area contributed by atoms with E-state index < -0.39 is 0 Å². The fourth-order valence-electron chi connectivity index (χ4n) is 2.77. The van der Waals surface area contributed by atoms with Crippen LogP contribution in [0.4, 0.5) is 5.69 Å². The van der Waals surface area contributed by atoms with Crippen LogP contribution >= 0.6 is 0 Å². The molecule has 122 valence electrons. The molecular weight excluding hydrogens is 298 g/mol. The van der Waals surface area contributed by atoms with Crippen molar-refractivity contribution in [1.82, 2.24) is 14.8 Å². The lowest BCUT2D eigenvalue weighted by Gasteiger charge is -2.34. The minimum atomic E-state index is 0.560. The first kappa shape index (κ1) is 16.2. The number of aliphatic imine (C=N–C) groups is 1. The van der Waals surface area contributed by atoms with Crippen molar-refractivity contribution in [1.29, 1.82) is 5.26 Å². The number of rotatable bonds is 3. The first-order valence-electron chi connectivity index (χ1n) is 8.15.